The van der Waals surface area contributed by atoms with Crippen molar-refractivity contribution in [1.29, 1.82) is 0 Å². The third-order valence-corrected chi connectivity index (χ3v) is 0. The van der Waals surface area contributed by atoms with Gasteiger partial charge in [0.25, 0.3) is 0 Å². The Morgan fingerprint density at radius 2 is 1.20 bits per heavy atom. The molecule has 5 heteroatoms. The summed E-state index contributed by atoms with van der Waals surface area (Å²) in [7, 11) is 0. The van der Waals surface area contributed by atoms with Crippen molar-refractivity contribution in [3.8, 4) is 0 Å². The van der Waals surface area contributed by atoms with E-state index in [-0.39, 0.29) is 39.0 Å². The molecule has 0 aliphatic heterocycles. The van der Waals surface area contributed by atoms with Crippen LogP contribution < -0.4 is 0 Å². The van der Waals surface area contributed by atoms with Gasteiger partial charge in [0.2, 0.25) is 0 Å². The quantitative estimate of drug-likeness (QED) is 0.469. The van der Waals surface area contributed by atoms with Gasteiger partial charge in [0.05, 0.1) is 0 Å². The first-order chi connectivity index (χ1) is 1.00. The van der Waals surface area contributed by atoms with Gasteiger partial charge in [-0.15, -0.1) is 0 Å². The first-order valence-electron chi connectivity index (χ1n) is 0.144. The van der Waals surface area contributed by atoms with Crippen molar-refractivity contribution in [2.45, 2.75) is 0 Å². The van der Waals surface area contributed by atoms with Crippen LogP contribution in [0.2, 0.25) is 0 Å². The van der Waals surface area contributed by atoms with Gasteiger partial charge in [-0.2, -0.15) is 0 Å². The summed E-state index contributed by atoms with van der Waals surface area (Å²) in [5.74, 6) is 0. The molecule has 0 aromatic heterocycles. The Morgan fingerprint density at radius 1 is 1.20 bits per heavy atom. The van der Waals surface area contributed by atoms with Gasteiger partial charge in [0, 0.05) is 33.6 Å². The molecule has 2 nitrogen and oxygen atoms in total. The van der Waals surface area contributed by atoms with Crippen molar-refractivity contribution in [2.75, 3.05) is 0 Å². The summed E-state index contributed by atoms with van der Waals surface area (Å²) in [6.07, 6.45) is 0. The second-order valence-corrected chi connectivity index (χ2v) is 0. The fourth-order valence-corrected chi connectivity index (χ4v) is 0. The monoisotopic (exact) mass is 204 g/mol. The second kappa shape index (κ2) is 58.4. The van der Waals surface area contributed by atoms with Gasteiger partial charge >= 0.3 is 19.8 Å². The molecule has 0 radical (unpaired) electrons. The molecule has 0 unspecified atom stereocenters. The van der Waals surface area contributed by atoms with E-state index in [0.29, 0.717) is 0 Å². The third-order valence-electron chi connectivity index (χ3n) is 0. The van der Waals surface area contributed by atoms with Crippen LogP contribution in [0, 0.1) is 0 Å². The van der Waals surface area contributed by atoms with E-state index in [9.17, 15) is 0 Å². The van der Waals surface area contributed by atoms with E-state index < -0.39 is 0 Å². The maximum absolute atomic E-state index is 8.00. The van der Waals surface area contributed by atoms with Gasteiger partial charge < -0.3 is 5.48 Å². The Kier molecular flexibility index (Phi) is 392. The zero-order chi connectivity index (χ0) is 2.00. The van der Waals surface area contributed by atoms with E-state index in [1.165, 1.54) is 0 Å². The molecule has 0 aromatic rings. The fourth-order valence-electron chi connectivity index (χ4n) is 0. The molecule has 0 bridgehead atoms. The third kappa shape index (κ3) is 34.3. The van der Waals surface area contributed by atoms with Crippen LogP contribution in [-0.4, -0.2) is 5.48 Å². The predicted molar refractivity (Wildman–Crippen MR) is 4.30 cm³/mol. The van der Waals surface area contributed by atoms with Gasteiger partial charge in [-0.05, 0) is 0 Å². The van der Waals surface area contributed by atoms with Gasteiger partial charge in [0.1, 0.15) is 0 Å². The Labute approximate surface area is 58.8 Å². The maximum atomic E-state index is 8.00. The molecule has 0 fully saturated rings. The molecule has 5 heavy (non-hydrogen) atoms. The van der Waals surface area contributed by atoms with Gasteiger partial charge in [-0.1, -0.05) is 0 Å². The van der Waals surface area contributed by atoms with Gasteiger partial charge in [0.15, 0.2) is 0 Å². The average Bonchev–Trinajstić information content (AvgIpc) is 1.00. The molecule has 0 saturated heterocycles. The van der Waals surface area contributed by atoms with Crippen LogP contribution in [0.5, 0.6) is 0 Å². The minimum atomic E-state index is 0. The van der Waals surface area contributed by atoms with Crippen molar-refractivity contribution < 1.29 is 58.8 Å². The molecule has 0 heterocycles. The minimum absolute atomic E-state index is 0. The van der Waals surface area contributed by atoms with Crippen molar-refractivity contribution in [3.05, 3.63) is 0 Å². The number of hydrogen-bond donors (Lipinski definition) is 0. The van der Waals surface area contributed by atoms with E-state index in [2.05, 4.69) is 0 Å². The Balaban J connectivity index is -0.00000000167. The molecule has 0 aromatic carbocycles. The molecular formula is H2Fe2NiO2. The van der Waals surface area contributed by atoms with Gasteiger partial charge in [-0.3, -0.25) is 0 Å². The zero-order valence-electron chi connectivity index (χ0n) is 1.93. The molecule has 0 atom stereocenters. The Hall–Kier alpha value is 1.29. The molecule has 0 saturated carbocycles. The molecule has 0 amide bonds. The van der Waals surface area contributed by atoms with Crippen LogP contribution in [0.3, 0.4) is 0 Å². The first-order valence-corrected chi connectivity index (χ1v) is 0.595. The summed E-state index contributed by atoms with van der Waals surface area (Å²) in [4.78, 5) is 0. The average molecular weight is 204 g/mol. The van der Waals surface area contributed by atoms with E-state index >= 15 is 0 Å². The van der Waals surface area contributed by atoms with Crippen molar-refractivity contribution in [3.63, 3.8) is 0 Å². The summed E-state index contributed by atoms with van der Waals surface area (Å²) in [6.45, 7) is 0. The Bertz CT molecular complexity index is 7.61. The standard InChI is InChI=1S/2Fe.Ni.H2O.O/h;;;1H2;. The first kappa shape index (κ1) is 33.5. The summed E-state index contributed by atoms with van der Waals surface area (Å²) in [6, 6.07) is 0. The normalized spacial score (nSPS) is 1.00. The van der Waals surface area contributed by atoms with E-state index in [1.807, 2.05) is 15.9 Å². The SMILES string of the molecule is O.[Fe].[Ni].[O]=[Fe]. The molecule has 0 rings (SSSR count). The zero-order valence-corrected chi connectivity index (χ0v) is 5.13. The summed E-state index contributed by atoms with van der Waals surface area (Å²) in [5.41, 5.74) is 0. The van der Waals surface area contributed by atoms with Crippen LogP contribution in [0.15, 0.2) is 0 Å². The van der Waals surface area contributed by atoms with E-state index in [4.69, 9.17) is 3.83 Å². The van der Waals surface area contributed by atoms with E-state index in [1.54, 1.807) is 0 Å². The van der Waals surface area contributed by atoms with Crippen LogP contribution in [-0.2, 0) is 53.3 Å². The molecular weight excluding hydrogens is 202 g/mol. The number of hydrogen-bond acceptors (Lipinski definition) is 1. The van der Waals surface area contributed by atoms with Crippen molar-refractivity contribution in [2.24, 2.45) is 0 Å². The fraction of sp³-hybridized carbons (Fsp3) is 0. The van der Waals surface area contributed by atoms with Crippen LogP contribution >= 0.6 is 0 Å². The summed E-state index contributed by atoms with van der Waals surface area (Å²) < 4.78 is 8.00. The summed E-state index contributed by atoms with van der Waals surface area (Å²) >= 11 is 2.00. The van der Waals surface area contributed by atoms with Gasteiger partial charge in [-0.25, -0.2) is 0 Å². The van der Waals surface area contributed by atoms with Crippen molar-refractivity contribution in [1.82, 2.24) is 0 Å². The van der Waals surface area contributed by atoms with Crippen LogP contribution in [0.4, 0.5) is 0 Å². The topological polar surface area (TPSA) is 48.6 Å². The number of rotatable bonds is 0. The Morgan fingerprint density at radius 3 is 1.20 bits per heavy atom. The van der Waals surface area contributed by atoms with E-state index in [0.717, 1.165) is 0 Å². The molecule has 2 N–H and O–H groups in total. The second-order valence-electron chi connectivity index (χ2n) is 0. The van der Waals surface area contributed by atoms with Crippen LogP contribution in [0.25, 0.3) is 0 Å². The van der Waals surface area contributed by atoms with Crippen molar-refractivity contribution >= 4 is 0 Å². The molecule has 40 valence electrons. The molecule has 0 spiro atoms. The molecule has 0 aliphatic carbocycles. The molecule has 0 aliphatic rings. The predicted octanol–water partition coefficient (Wildman–Crippen LogP) is -0.951. The van der Waals surface area contributed by atoms with Crippen LogP contribution in [0.1, 0.15) is 0 Å². The summed E-state index contributed by atoms with van der Waals surface area (Å²) in [5, 5.41) is 0.